The predicted octanol–water partition coefficient (Wildman–Crippen LogP) is 4.13. The van der Waals surface area contributed by atoms with Crippen LogP contribution in [-0.2, 0) is 6.42 Å². The van der Waals surface area contributed by atoms with Crippen LogP contribution in [0.1, 0.15) is 17.2 Å². The minimum atomic E-state index is -0.871. The lowest BCUT2D eigenvalue weighted by atomic mass is 9.84. The molecule has 0 saturated carbocycles. The number of benzene rings is 2. The van der Waals surface area contributed by atoms with Crippen molar-refractivity contribution < 1.29 is 4.92 Å². The maximum absolute atomic E-state index is 10.8. The van der Waals surface area contributed by atoms with Crippen LogP contribution in [0.15, 0.2) is 60.7 Å². The largest absolute Gasteiger partial charge is 0.269 e. The highest BCUT2D eigenvalue weighted by atomic mass is 16.6. The number of nitrogens with zero attached hydrogens (tertiary/aromatic N) is 4. The van der Waals surface area contributed by atoms with E-state index in [1.54, 1.807) is 12.1 Å². The lowest BCUT2D eigenvalue weighted by Crippen LogP contribution is -2.13. The molecule has 0 aliphatic carbocycles. The van der Waals surface area contributed by atoms with Crippen LogP contribution >= 0.6 is 0 Å². The summed E-state index contributed by atoms with van der Waals surface area (Å²) >= 11 is 0. The standard InChI is InChI=1S/C20H14N4O2/c21-12-16(13-22)19(14-6-9-18(10-7-14)24(25)26)11-17-8-5-15-3-1-2-4-20(15)23-17/h1-10,16,19H,11H2. The molecule has 0 spiro atoms. The Morgan fingerprint density at radius 2 is 1.69 bits per heavy atom. The number of para-hydroxylation sites is 1. The zero-order chi connectivity index (χ0) is 18.5. The molecule has 0 N–H and O–H groups in total. The van der Waals surface area contributed by atoms with E-state index in [2.05, 4.69) is 4.98 Å². The molecule has 1 unspecified atom stereocenters. The van der Waals surface area contributed by atoms with Gasteiger partial charge in [0.15, 0.2) is 0 Å². The predicted molar refractivity (Wildman–Crippen MR) is 96.0 cm³/mol. The van der Waals surface area contributed by atoms with Gasteiger partial charge in [0.2, 0.25) is 0 Å². The molecule has 0 amide bonds. The molecular formula is C20H14N4O2. The van der Waals surface area contributed by atoms with E-state index in [0.717, 1.165) is 16.6 Å². The lowest BCUT2D eigenvalue weighted by molar-refractivity contribution is -0.384. The fourth-order valence-corrected chi connectivity index (χ4v) is 2.93. The van der Waals surface area contributed by atoms with E-state index >= 15 is 0 Å². The molecule has 1 heterocycles. The van der Waals surface area contributed by atoms with Gasteiger partial charge in [0.05, 0.1) is 22.6 Å². The van der Waals surface area contributed by atoms with Gasteiger partial charge >= 0.3 is 0 Å². The molecule has 26 heavy (non-hydrogen) atoms. The number of aromatic nitrogens is 1. The molecule has 1 atom stereocenters. The van der Waals surface area contributed by atoms with Crippen LogP contribution in [0.2, 0.25) is 0 Å². The molecule has 0 aliphatic heterocycles. The Hall–Kier alpha value is -3.77. The number of fused-ring (bicyclic) bond motifs is 1. The molecule has 0 aliphatic rings. The smallest absolute Gasteiger partial charge is 0.258 e. The van der Waals surface area contributed by atoms with Crippen LogP contribution in [0.4, 0.5) is 5.69 Å². The quantitative estimate of drug-likeness (QED) is 0.512. The van der Waals surface area contributed by atoms with Crippen LogP contribution in [0, 0.1) is 38.7 Å². The second kappa shape index (κ2) is 7.42. The van der Waals surface area contributed by atoms with Gasteiger partial charge in [-0.1, -0.05) is 36.4 Å². The summed E-state index contributed by atoms with van der Waals surface area (Å²) < 4.78 is 0. The van der Waals surface area contributed by atoms with Crippen molar-refractivity contribution in [2.45, 2.75) is 12.3 Å². The monoisotopic (exact) mass is 342 g/mol. The van der Waals surface area contributed by atoms with E-state index in [4.69, 9.17) is 0 Å². The van der Waals surface area contributed by atoms with Crippen molar-refractivity contribution in [3.8, 4) is 12.1 Å². The minimum Gasteiger partial charge on any atom is -0.258 e. The summed E-state index contributed by atoms with van der Waals surface area (Å²) in [7, 11) is 0. The molecule has 0 bridgehead atoms. The van der Waals surface area contributed by atoms with Gasteiger partial charge in [0.1, 0.15) is 5.92 Å². The average Bonchev–Trinajstić information content (AvgIpc) is 2.68. The molecule has 6 heteroatoms. The Morgan fingerprint density at radius 1 is 1.00 bits per heavy atom. The summed E-state index contributed by atoms with van der Waals surface area (Å²) in [5.41, 5.74) is 2.29. The van der Waals surface area contributed by atoms with E-state index in [0.29, 0.717) is 12.0 Å². The average molecular weight is 342 g/mol. The maximum Gasteiger partial charge on any atom is 0.269 e. The highest BCUT2D eigenvalue weighted by Gasteiger charge is 2.24. The summed E-state index contributed by atoms with van der Waals surface area (Å²) in [5, 5.41) is 30.5. The number of hydrogen-bond acceptors (Lipinski definition) is 5. The molecule has 3 rings (SSSR count). The van der Waals surface area contributed by atoms with Crippen LogP contribution in [-0.4, -0.2) is 9.91 Å². The lowest BCUT2D eigenvalue weighted by Gasteiger charge is -2.18. The summed E-state index contributed by atoms with van der Waals surface area (Å²) in [6.07, 6.45) is 0.397. The van der Waals surface area contributed by atoms with Crippen molar-refractivity contribution in [2.75, 3.05) is 0 Å². The SMILES string of the molecule is N#CC(C#N)C(Cc1ccc2ccccc2n1)c1ccc([N+](=O)[O-])cc1. The summed E-state index contributed by atoms with van der Waals surface area (Å²) in [6.45, 7) is 0. The maximum atomic E-state index is 10.8. The van der Waals surface area contributed by atoms with Crippen molar-refractivity contribution in [3.05, 3.63) is 82.0 Å². The second-order valence-corrected chi connectivity index (χ2v) is 5.89. The summed E-state index contributed by atoms with van der Waals surface area (Å²) in [6, 6.07) is 21.6. The number of nitro benzene ring substituents is 1. The topological polar surface area (TPSA) is 104 Å². The Labute approximate surface area is 150 Å². The zero-order valence-electron chi connectivity index (χ0n) is 13.7. The van der Waals surface area contributed by atoms with Gasteiger partial charge in [-0.2, -0.15) is 10.5 Å². The molecule has 0 fully saturated rings. The number of pyridine rings is 1. The molecular weight excluding hydrogens is 328 g/mol. The third kappa shape index (κ3) is 3.50. The molecule has 126 valence electrons. The third-order valence-corrected chi connectivity index (χ3v) is 4.30. The number of nitriles is 2. The van der Waals surface area contributed by atoms with Gasteiger partial charge in [-0.15, -0.1) is 0 Å². The molecule has 0 radical (unpaired) electrons. The Bertz CT molecular complexity index is 1020. The normalized spacial score (nSPS) is 11.7. The van der Waals surface area contributed by atoms with E-state index in [-0.39, 0.29) is 5.69 Å². The van der Waals surface area contributed by atoms with Gasteiger partial charge < -0.3 is 0 Å². The van der Waals surface area contributed by atoms with Gasteiger partial charge in [-0.05, 0) is 24.1 Å². The molecule has 1 aromatic heterocycles. The van der Waals surface area contributed by atoms with E-state index in [9.17, 15) is 20.6 Å². The van der Waals surface area contributed by atoms with Crippen LogP contribution in [0.25, 0.3) is 10.9 Å². The summed E-state index contributed by atoms with van der Waals surface area (Å²) in [5.74, 6) is -1.29. The highest BCUT2D eigenvalue weighted by molar-refractivity contribution is 5.78. The third-order valence-electron chi connectivity index (χ3n) is 4.30. The Morgan fingerprint density at radius 3 is 2.35 bits per heavy atom. The first-order valence-electron chi connectivity index (χ1n) is 8.00. The first-order chi connectivity index (χ1) is 12.6. The van der Waals surface area contributed by atoms with E-state index < -0.39 is 16.8 Å². The van der Waals surface area contributed by atoms with Crippen LogP contribution < -0.4 is 0 Å². The van der Waals surface area contributed by atoms with Crippen molar-refractivity contribution in [2.24, 2.45) is 5.92 Å². The molecule has 3 aromatic rings. The van der Waals surface area contributed by atoms with Crippen LogP contribution in [0.5, 0.6) is 0 Å². The minimum absolute atomic E-state index is 0.0261. The van der Waals surface area contributed by atoms with Gasteiger partial charge in [-0.25, -0.2) is 0 Å². The fraction of sp³-hybridized carbons (Fsp3) is 0.150. The van der Waals surface area contributed by atoms with Gasteiger partial charge in [0, 0.05) is 29.1 Å². The number of non-ortho nitro benzene ring substituents is 1. The fourth-order valence-electron chi connectivity index (χ4n) is 2.93. The Kier molecular flexibility index (Phi) is 4.87. The van der Waals surface area contributed by atoms with Crippen molar-refractivity contribution in [3.63, 3.8) is 0 Å². The van der Waals surface area contributed by atoms with Gasteiger partial charge in [-0.3, -0.25) is 15.1 Å². The number of hydrogen-bond donors (Lipinski definition) is 0. The van der Waals surface area contributed by atoms with Gasteiger partial charge in [0.25, 0.3) is 5.69 Å². The summed E-state index contributed by atoms with van der Waals surface area (Å²) in [4.78, 5) is 15.0. The van der Waals surface area contributed by atoms with Crippen molar-refractivity contribution in [1.29, 1.82) is 10.5 Å². The second-order valence-electron chi connectivity index (χ2n) is 5.89. The van der Waals surface area contributed by atoms with E-state index in [1.165, 1.54) is 12.1 Å². The number of nitro groups is 1. The van der Waals surface area contributed by atoms with E-state index in [1.807, 2.05) is 48.5 Å². The van der Waals surface area contributed by atoms with Crippen molar-refractivity contribution >= 4 is 16.6 Å². The molecule has 6 nitrogen and oxygen atoms in total. The molecule has 0 saturated heterocycles. The molecule has 2 aromatic carbocycles. The Balaban J connectivity index is 1.96. The number of rotatable bonds is 5. The first kappa shape index (κ1) is 17.1. The highest BCUT2D eigenvalue weighted by Crippen LogP contribution is 2.29. The van der Waals surface area contributed by atoms with Crippen molar-refractivity contribution in [1.82, 2.24) is 4.98 Å². The zero-order valence-corrected chi connectivity index (χ0v) is 13.7. The first-order valence-corrected chi connectivity index (χ1v) is 8.00. The van der Waals surface area contributed by atoms with Crippen LogP contribution in [0.3, 0.4) is 0 Å².